The molecule has 2 aromatic rings. The van der Waals surface area contributed by atoms with E-state index in [1.165, 1.54) is 11.2 Å². The van der Waals surface area contributed by atoms with Crippen molar-refractivity contribution in [3.63, 3.8) is 0 Å². The molecule has 7 heteroatoms. The van der Waals surface area contributed by atoms with E-state index in [1.807, 2.05) is 6.92 Å². The number of aliphatic carboxylic acids is 1. The number of rotatable bonds is 5. The Hall–Kier alpha value is -3.09. The minimum atomic E-state index is -1.18. The first-order chi connectivity index (χ1) is 13.3. The largest absolute Gasteiger partial charge is 0.479 e. The van der Waals surface area contributed by atoms with Gasteiger partial charge in [-0.3, -0.25) is 9.59 Å². The topological polar surface area (TPSA) is 99.9 Å². The monoisotopic (exact) mass is 384 g/mol. The molecule has 2 N–H and O–H groups in total. The molecule has 0 spiro atoms. The van der Waals surface area contributed by atoms with E-state index in [4.69, 9.17) is 4.42 Å². The molecular weight excluding hydrogens is 360 g/mol. The maximum absolute atomic E-state index is 13.1. The number of hydrogen-bond donors (Lipinski definition) is 2. The highest BCUT2D eigenvalue weighted by Crippen LogP contribution is 2.34. The molecule has 1 aromatic carbocycles. The average Bonchev–Trinajstić information content (AvgIpc) is 3.24. The molecule has 0 bridgehead atoms. The second kappa shape index (κ2) is 7.88. The van der Waals surface area contributed by atoms with Gasteiger partial charge in [-0.05, 0) is 49.6 Å². The van der Waals surface area contributed by atoms with E-state index in [0.717, 1.165) is 24.8 Å². The van der Waals surface area contributed by atoms with Crippen LogP contribution in [0.5, 0.6) is 0 Å². The summed E-state index contributed by atoms with van der Waals surface area (Å²) >= 11 is 0. The molecule has 1 aliphatic carbocycles. The molecule has 1 saturated carbocycles. The number of anilines is 1. The van der Waals surface area contributed by atoms with Gasteiger partial charge in [0, 0.05) is 18.3 Å². The fourth-order valence-electron chi connectivity index (χ4n) is 3.70. The molecule has 0 atom stereocenters. The number of furan rings is 1. The molecule has 28 heavy (non-hydrogen) atoms. The number of carboxylic acid groups (broad SMARTS) is 1. The molecule has 1 heterocycles. The summed E-state index contributed by atoms with van der Waals surface area (Å²) in [7, 11) is 1.54. The van der Waals surface area contributed by atoms with Crippen molar-refractivity contribution in [2.24, 2.45) is 0 Å². The lowest BCUT2D eigenvalue weighted by Crippen LogP contribution is -2.56. The van der Waals surface area contributed by atoms with Crippen LogP contribution >= 0.6 is 0 Å². The van der Waals surface area contributed by atoms with Crippen molar-refractivity contribution < 1.29 is 23.9 Å². The predicted octanol–water partition coefficient (Wildman–Crippen LogP) is 3.70. The molecule has 0 radical (unpaired) electrons. The molecule has 0 unspecified atom stereocenters. The van der Waals surface area contributed by atoms with Gasteiger partial charge in [0.2, 0.25) is 0 Å². The van der Waals surface area contributed by atoms with Gasteiger partial charge in [-0.25, -0.2) is 4.79 Å². The fourth-order valence-corrected chi connectivity index (χ4v) is 3.70. The van der Waals surface area contributed by atoms with Crippen LogP contribution < -0.4 is 5.32 Å². The molecule has 3 rings (SSSR count). The van der Waals surface area contributed by atoms with E-state index >= 15 is 0 Å². The Morgan fingerprint density at radius 3 is 2.46 bits per heavy atom. The van der Waals surface area contributed by atoms with Crippen molar-refractivity contribution >= 4 is 23.5 Å². The van der Waals surface area contributed by atoms with Gasteiger partial charge in [0.15, 0.2) is 5.76 Å². The molecule has 0 aliphatic heterocycles. The Kier molecular flexibility index (Phi) is 5.53. The number of amides is 2. The second-order valence-corrected chi connectivity index (χ2v) is 7.22. The number of likely N-dealkylation sites (N-methyl/N-ethyl adjacent to an activating group) is 1. The lowest BCUT2D eigenvalue weighted by molar-refractivity contribution is -0.151. The number of carbonyl (C=O) groups excluding carboxylic acids is 2. The fraction of sp³-hybridized carbons (Fsp3) is 0.381. The Balaban J connectivity index is 1.85. The highest BCUT2D eigenvalue weighted by molar-refractivity contribution is 6.04. The van der Waals surface area contributed by atoms with Gasteiger partial charge < -0.3 is 19.7 Å². The number of nitrogens with one attached hydrogen (secondary N) is 1. The minimum Gasteiger partial charge on any atom is -0.479 e. The summed E-state index contributed by atoms with van der Waals surface area (Å²) in [4.78, 5) is 38.6. The lowest BCUT2D eigenvalue weighted by Gasteiger charge is -2.41. The molecule has 0 saturated heterocycles. The highest BCUT2D eigenvalue weighted by atomic mass is 16.4. The van der Waals surface area contributed by atoms with Crippen molar-refractivity contribution in [2.45, 2.75) is 44.6 Å². The zero-order valence-corrected chi connectivity index (χ0v) is 16.0. The first-order valence-corrected chi connectivity index (χ1v) is 9.32. The van der Waals surface area contributed by atoms with Gasteiger partial charge in [0.1, 0.15) is 5.54 Å². The van der Waals surface area contributed by atoms with Crippen molar-refractivity contribution in [1.29, 1.82) is 0 Å². The van der Waals surface area contributed by atoms with Gasteiger partial charge in [-0.15, -0.1) is 0 Å². The summed E-state index contributed by atoms with van der Waals surface area (Å²) < 4.78 is 5.09. The summed E-state index contributed by atoms with van der Waals surface area (Å²) in [6, 6.07) is 8.12. The van der Waals surface area contributed by atoms with Crippen molar-refractivity contribution in [3.8, 4) is 0 Å². The van der Waals surface area contributed by atoms with Crippen LogP contribution in [0.15, 0.2) is 41.0 Å². The Bertz CT molecular complexity index is 882. The first-order valence-electron chi connectivity index (χ1n) is 9.32. The third-order valence-corrected chi connectivity index (χ3v) is 5.50. The number of benzene rings is 1. The van der Waals surface area contributed by atoms with Crippen molar-refractivity contribution in [1.82, 2.24) is 4.90 Å². The Morgan fingerprint density at radius 2 is 1.86 bits per heavy atom. The van der Waals surface area contributed by atoms with E-state index < -0.39 is 17.4 Å². The molecular formula is C21H24N2O5. The summed E-state index contributed by atoms with van der Waals surface area (Å²) in [5, 5.41) is 12.6. The van der Waals surface area contributed by atoms with E-state index in [9.17, 15) is 19.5 Å². The highest BCUT2D eigenvalue weighted by Gasteiger charge is 2.45. The van der Waals surface area contributed by atoms with Crippen LogP contribution in [0.4, 0.5) is 5.69 Å². The van der Waals surface area contributed by atoms with E-state index in [0.29, 0.717) is 24.1 Å². The van der Waals surface area contributed by atoms with Crippen LogP contribution in [0.3, 0.4) is 0 Å². The molecule has 148 valence electrons. The molecule has 1 fully saturated rings. The zero-order chi connectivity index (χ0) is 20.3. The third-order valence-electron chi connectivity index (χ3n) is 5.50. The van der Waals surface area contributed by atoms with Gasteiger partial charge in [-0.2, -0.15) is 0 Å². The predicted molar refractivity (Wildman–Crippen MR) is 103 cm³/mol. The van der Waals surface area contributed by atoms with Crippen LogP contribution in [0.1, 0.15) is 58.6 Å². The van der Waals surface area contributed by atoms with Crippen LogP contribution in [0.2, 0.25) is 0 Å². The van der Waals surface area contributed by atoms with E-state index in [-0.39, 0.29) is 11.7 Å². The van der Waals surface area contributed by atoms with Gasteiger partial charge in [0.05, 0.1) is 6.26 Å². The van der Waals surface area contributed by atoms with Gasteiger partial charge >= 0.3 is 5.97 Å². The normalized spacial score (nSPS) is 15.6. The van der Waals surface area contributed by atoms with Gasteiger partial charge in [0.25, 0.3) is 11.8 Å². The standard InChI is InChI=1S/C21H24N2O5/c1-14-8-9-15(13-16(14)22-18(24)17-7-6-12-28-17)19(25)23(2)21(20(26)27)10-4-3-5-11-21/h6-9,12-13H,3-5,10-11H2,1-2H3,(H,22,24)(H,26,27). The average molecular weight is 384 g/mol. The van der Waals surface area contributed by atoms with E-state index in [1.54, 1.807) is 37.4 Å². The zero-order valence-electron chi connectivity index (χ0n) is 16.0. The molecule has 2 amide bonds. The second-order valence-electron chi connectivity index (χ2n) is 7.22. The molecule has 1 aromatic heterocycles. The smallest absolute Gasteiger partial charge is 0.329 e. The Morgan fingerprint density at radius 1 is 1.14 bits per heavy atom. The summed E-state index contributed by atoms with van der Waals surface area (Å²) in [5.74, 6) is -1.60. The SMILES string of the molecule is Cc1ccc(C(=O)N(C)C2(C(=O)O)CCCCC2)cc1NC(=O)c1ccco1. The number of aryl methyl sites for hydroxylation is 1. The Labute approximate surface area is 163 Å². The third kappa shape index (κ3) is 3.65. The lowest BCUT2D eigenvalue weighted by atomic mass is 9.80. The number of hydrogen-bond acceptors (Lipinski definition) is 4. The summed E-state index contributed by atoms with van der Waals surface area (Å²) in [6.07, 6.45) is 4.83. The van der Waals surface area contributed by atoms with Crippen LogP contribution in [0, 0.1) is 6.92 Å². The first kappa shape index (κ1) is 19.7. The quantitative estimate of drug-likeness (QED) is 0.819. The number of carboxylic acids is 1. The number of carbonyl (C=O) groups is 3. The van der Waals surface area contributed by atoms with Crippen LogP contribution in [-0.2, 0) is 4.79 Å². The minimum absolute atomic E-state index is 0.167. The maximum atomic E-state index is 13.1. The van der Waals surface area contributed by atoms with Gasteiger partial charge in [-0.1, -0.05) is 25.3 Å². The molecule has 1 aliphatic rings. The number of nitrogens with zero attached hydrogens (tertiary/aromatic N) is 1. The maximum Gasteiger partial charge on any atom is 0.329 e. The summed E-state index contributed by atoms with van der Waals surface area (Å²) in [5.41, 5.74) is 0.407. The summed E-state index contributed by atoms with van der Waals surface area (Å²) in [6.45, 7) is 1.82. The van der Waals surface area contributed by atoms with Crippen molar-refractivity contribution in [2.75, 3.05) is 12.4 Å². The van der Waals surface area contributed by atoms with E-state index in [2.05, 4.69) is 5.32 Å². The van der Waals surface area contributed by atoms with Crippen molar-refractivity contribution in [3.05, 3.63) is 53.5 Å². The molecule has 7 nitrogen and oxygen atoms in total. The van der Waals surface area contributed by atoms with Crippen LogP contribution in [0.25, 0.3) is 0 Å². The van der Waals surface area contributed by atoms with Crippen LogP contribution in [-0.4, -0.2) is 40.4 Å².